The fraction of sp³-hybridized carbons (Fsp3) is 0.370. The van der Waals surface area contributed by atoms with Crippen LogP contribution in [-0.4, -0.2) is 57.5 Å². The Bertz CT molecular complexity index is 1280. The van der Waals surface area contributed by atoms with Gasteiger partial charge in [-0.25, -0.2) is 0 Å². The molecule has 1 amide bonds. The van der Waals surface area contributed by atoms with E-state index in [1.165, 1.54) is 13.1 Å². The zero-order valence-corrected chi connectivity index (χ0v) is 20.5. The van der Waals surface area contributed by atoms with Gasteiger partial charge in [-0.2, -0.15) is 5.26 Å². The number of nitrogens with zero attached hydrogens (tertiary/aromatic N) is 3. The second-order valence-corrected chi connectivity index (χ2v) is 9.32. The fourth-order valence-electron chi connectivity index (χ4n) is 4.60. The summed E-state index contributed by atoms with van der Waals surface area (Å²) < 4.78 is 5.58. The lowest BCUT2D eigenvalue weighted by atomic mass is 9.93. The molecule has 1 atom stereocenters. The summed E-state index contributed by atoms with van der Waals surface area (Å²) in [6.45, 7) is 5.10. The molecule has 4 N–H and O–H groups in total. The van der Waals surface area contributed by atoms with Crippen LogP contribution in [0.15, 0.2) is 40.9 Å². The maximum Gasteiger partial charge on any atom is 0.273 e. The van der Waals surface area contributed by atoms with E-state index >= 15 is 0 Å². The first kappa shape index (κ1) is 25.2. The van der Waals surface area contributed by atoms with Crippen LogP contribution >= 0.6 is 0 Å². The molecule has 36 heavy (non-hydrogen) atoms. The van der Waals surface area contributed by atoms with Crippen LogP contribution in [-0.2, 0) is 0 Å². The van der Waals surface area contributed by atoms with E-state index in [9.17, 15) is 25.4 Å². The van der Waals surface area contributed by atoms with E-state index in [0.717, 1.165) is 5.56 Å². The SMILES string of the molecule is CNC(=O)c1noc(-c2cc(C(C)C)c(O)cc2O)c1-c1ccc(C(C#N)N2CCC(O)CC2)cc1. The molecule has 0 aliphatic carbocycles. The van der Waals surface area contributed by atoms with Gasteiger partial charge in [-0.15, -0.1) is 0 Å². The smallest absolute Gasteiger partial charge is 0.273 e. The van der Waals surface area contributed by atoms with Crippen molar-refractivity contribution in [1.82, 2.24) is 15.4 Å². The van der Waals surface area contributed by atoms with E-state index in [4.69, 9.17) is 4.52 Å². The number of nitrogens with one attached hydrogen (secondary N) is 1. The first-order valence-corrected chi connectivity index (χ1v) is 11.9. The first-order chi connectivity index (χ1) is 17.2. The van der Waals surface area contributed by atoms with Crippen molar-refractivity contribution < 1.29 is 24.6 Å². The van der Waals surface area contributed by atoms with E-state index in [0.29, 0.717) is 48.2 Å². The normalized spacial score (nSPS) is 15.6. The van der Waals surface area contributed by atoms with Crippen molar-refractivity contribution >= 4 is 5.91 Å². The third-order valence-corrected chi connectivity index (χ3v) is 6.65. The summed E-state index contributed by atoms with van der Waals surface area (Å²) in [6.07, 6.45) is 0.930. The number of phenols is 2. The van der Waals surface area contributed by atoms with Gasteiger partial charge in [-0.05, 0) is 41.5 Å². The molecule has 1 aromatic heterocycles. The van der Waals surface area contributed by atoms with Crippen LogP contribution in [0.1, 0.15) is 60.3 Å². The van der Waals surface area contributed by atoms with Gasteiger partial charge in [0.2, 0.25) is 0 Å². The molecule has 2 aromatic carbocycles. The molecule has 1 aliphatic heterocycles. The Hall–Kier alpha value is -3.87. The Morgan fingerprint density at radius 2 is 1.83 bits per heavy atom. The van der Waals surface area contributed by atoms with E-state index in [1.807, 2.05) is 30.9 Å². The molecule has 0 radical (unpaired) electrons. The average molecular weight is 491 g/mol. The molecule has 0 saturated carbocycles. The van der Waals surface area contributed by atoms with Crippen LogP contribution in [0.4, 0.5) is 0 Å². The van der Waals surface area contributed by atoms with Crippen LogP contribution < -0.4 is 5.32 Å². The summed E-state index contributed by atoms with van der Waals surface area (Å²) in [6, 6.07) is 12.0. The minimum atomic E-state index is -0.457. The Balaban J connectivity index is 1.78. The molecule has 9 nitrogen and oxygen atoms in total. The Morgan fingerprint density at radius 3 is 2.42 bits per heavy atom. The minimum Gasteiger partial charge on any atom is -0.508 e. The minimum absolute atomic E-state index is 0.0211. The highest BCUT2D eigenvalue weighted by Crippen LogP contribution is 2.43. The number of rotatable bonds is 6. The van der Waals surface area contributed by atoms with E-state index in [1.54, 1.807) is 18.2 Å². The quantitative estimate of drug-likeness (QED) is 0.407. The molecule has 1 aliphatic rings. The molecular formula is C27H30N4O5. The zero-order chi connectivity index (χ0) is 26.0. The predicted molar refractivity (Wildman–Crippen MR) is 133 cm³/mol. The number of piperidine rings is 1. The molecule has 3 aromatic rings. The van der Waals surface area contributed by atoms with Crippen molar-refractivity contribution in [3.63, 3.8) is 0 Å². The number of amides is 1. The molecule has 1 unspecified atom stereocenters. The van der Waals surface area contributed by atoms with Crippen molar-refractivity contribution in [1.29, 1.82) is 5.26 Å². The van der Waals surface area contributed by atoms with Gasteiger partial charge < -0.3 is 25.2 Å². The highest BCUT2D eigenvalue weighted by Gasteiger charge is 2.28. The molecule has 0 spiro atoms. The Labute approximate surface area is 209 Å². The van der Waals surface area contributed by atoms with Crippen LogP contribution in [0.2, 0.25) is 0 Å². The summed E-state index contributed by atoms with van der Waals surface area (Å²) in [5, 5.41) is 47.1. The number of likely N-dealkylation sites (tertiary alicyclic amines) is 1. The number of benzene rings is 2. The maximum absolute atomic E-state index is 12.6. The van der Waals surface area contributed by atoms with Gasteiger partial charge >= 0.3 is 0 Å². The summed E-state index contributed by atoms with van der Waals surface area (Å²) >= 11 is 0. The highest BCUT2D eigenvalue weighted by molar-refractivity contribution is 6.02. The molecule has 2 heterocycles. The topological polar surface area (TPSA) is 143 Å². The second kappa shape index (κ2) is 10.4. The maximum atomic E-state index is 12.6. The molecule has 188 valence electrons. The van der Waals surface area contributed by atoms with Gasteiger partial charge in [0.25, 0.3) is 5.91 Å². The van der Waals surface area contributed by atoms with Crippen LogP contribution in [0.25, 0.3) is 22.5 Å². The number of nitriles is 1. The number of hydrogen-bond acceptors (Lipinski definition) is 8. The third kappa shape index (κ3) is 4.78. The lowest BCUT2D eigenvalue weighted by Crippen LogP contribution is -2.38. The molecule has 4 rings (SSSR count). The third-order valence-electron chi connectivity index (χ3n) is 6.65. The number of aromatic nitrogens is 1. The van der Waals surface area contributed by atoms with Crippen molar-refractivity contribution in [2.45, 2.75) is 44.8 Å². The molecular weight excluding hydrogens is 460 g/mol. The summed E-state index contributed by atoms with van der Waals surface area (Å²) in [4.78, 5) is 14.7. The van der Waals surface area contributed by atoms with Crippen LogP contribution in [0.5, 0.6) is 11.5 Å². The molecule has 1 saturated heterocycles. The van der Waals surface area contributed by atoms with E-state index in [-0.39, 0.29) is 35.0 Å². The fourth-order valence-corrected chi connectivity index (χ4v) is 4.60. The largest absolute Gasteiger partial charge is 0.508 e. The number of aliphatic hydroxyl groups is 1. The summed E-state index contributed by atoms with van der Waals surface area (Å²) in [7, 11) is 1.49. The average Bonchev–Trinajstić information content (AvgIpc) is 3.30. The number of aliphatic hydroxyl groups excluding tert-OH is 1. The predicted octanol–water partition coefficient (Wildman–Crippen LogP) is 3.92. The summed E-state index contributed by atoms with van der Waals surface area (Å²) in [5.74, 6) is -0.509. The Kier molecular flexibility index (Phi) is 7.29. The van der Waals surface area contributed by atoms with E-state index in [2.05, 4.69) is 16.5 Å². The zero-order valence-electron chi connectivity index (χ0n) is 20.5. The number of hydrogen-bond donors (Lipinski definition) is 4. The Morgan fingerprint density at radius 1 is 1.17 bits per heavy atom. The molecule has 0 bridgehead atoms. The van der Waals surface area contributed by atoms with E-state index < -0.39 is 11.9 Å². The second-order valence-electron chi connectivity index (χ2n) is 9.32. The van der Waals surface area contributed by atoms with Crippen LogP contribution in [0.3, 0.4) is 0 Å². The number of aromatic hydroxyl groups is 2. The van der Waals surface area contributed by atoms with Gasteiger partial charge in [-0.3, -0.25) is 9.69 Å². The van der Waals surface area contributed by atoms with Crippen molar-refractivity contribution in [3.8, 4) is 40.0 Å². The molecule has 9 heteroatoms. The van der Waals surface area contributed by atoms with Crippen LogP contribution in [0, 0.1) is 11.3 Å². The van der Waals surface area contributed by atoms with Gasteiger partial charge in [0, 0.05) is 26.2 Å². The number of carbonyl (C=O) groups excluding carboxylic acids is 1. The van der Waals surface area contributed by atoms with Crippen molar-refractivity contribution in [3.05, 3.63) is 53.2 Å². The van der Waals surface area contributed by atoms with Gasteiger partial charge in [0.1, 0.15) is 17.5 Å². The van der Waals surface area contributed by atoms with Gasteiger partial charge in [-0.1, -0.05) is 43.3 Å². The van der Waals surface area contributed by atoms with Gasteiger partial charge in [0.15, 0.2) is 11.5 Å². The van der Waals surface area contributed by atoms with Gasteiger partial charge in [0.05, 0.1) is 23.3 Å². The summed E-state index contributed by atoms with van der Waals surface area (Å²) in [5.41, 5.74) is 2.79. The lowest BCUT2D eigenvalue weighted by molar-refractivity contribution is 0.0716. The monoisotopic (exact) mass is 490 g/mol. The van der Waals surface area contributed by atoms with Crippen molar-refractivity contribution in [2.75, 3.05) is 20.1 Å². The number of carbonyl (C=O) groups is 1. The molecule has 1 fully saturated rings. The number of phenolic OH excluding ortho intramolecular Hbond substituents is 2. The lowest BCUT2D eigenvalue weighted by Gasteiger charge is -2.33. The first-order valence-electron chi connectivity index (χ1n) is 11.9. The highest BCUT2D eigenvalue weighted by atomic mass is 16.5. The van der Waals surface area contributed by atoms with Crippen molar-refractivity contribution in [2.24, 2.45) is 0 Å². The standard InChI is InChI=1S/C27H30N4O5/c1-15(2)19-12-20(23(34)13-22(19)33)26-24(25(30-36-26)27(35)29-3)17-6-4-16(5-7-17)21(14-28)31-10-8-18(32)9-11-31/h4-7,12-13,15,18,21,32-34H,8-11H2,1-3H3,(H,29,35).